The summed E-state index contributed by atoms with van der Waals surface area (Å²) in [7, 11) is 0. The van der Waals surface area contributed by atoms with Gasteiger partial charge in [-0.15, -0.1) is 12.8 Å². The number of pyridine rings is 2. The lowest BCUT2D eigenvalue weighted by atomic mass is 10.0. The van der Waals surface area contributed by atoms with Crippen LogP contribution in [0.3, 0.4) is 0 Å². The van der Waals surface area contributed by atoms with Gasteiger partial charge in [0, 0.05) is 36.0 Å². The molecule has 55 heavy (non-hydrogen) atoms. The van der Waals surface area contributed by atoms with Gasteiger partial charge in [-0.1, -0.05) is 68.6 Å². The van der Waals surface area contributed by atoms with Crippen LogP contribution in [0.2, 0.25) is 0 Å². The molecule has 0 atom stereocenters. The largest absolute Gasteiger partial charge is 0.466 e. The van der Waals surface area contributed by atoms with Crippen molar-refractivity contribution in [2.75, 3.05) is 10.6 Å². The van der Waals surface area contributed by atoms with Crippen molar-refractivity contribution in [1.29, 1.82) is 0 Å². The smallest absolute Gasteiger partial charge is 0.418 e. The lowest BCUT2D eigenvalue weighted by molar-refractivity contribution is 0.177. The maximum absolute atomic E-state index is 12.8. The summed E-state index contributed by atoms with van der Waals surface area (Å²) in [5, 5.41) is 5.36. The summed E-state index contributed by atoms with van der Waals surface area (Å²) in [6, 6.07) is 23.7. The first-order chi connectivity index (χ1) is 26.8. The predicted molar refractivity (Wildman–Crippen MR) is 214 cm³/mol. The molecule has 2 aliphatic carbocycles. The van der Waals surface area contributed by atoms with Crippen molar-refractivity contribution in [1.82, 2.24) is 14.9 Å². The Bertz CT molecular complexity index is 2010. The highest BCUT2D eigenvalue weighted by Gasteiger charge is 2.28. The number of nitrogens with zero attached hydrogens (tertiary/aromatic N) is 3. The van der Waals surface area contributed by atoms with E-state index in [-0.39, 0.29) is 12.1 Å². The fraction of sp³-hybridized carbons (Fsp3) is 0.333. The van der Waals surface area contributed by atoms with E-state index < -0.39 is 6.09 Å². The summed E-state index contributed by atoms with van der Waals surface area (Å²) in [6.45, 7) is 4.38. The average Bonchev–Trinajstić information content (AvgIpc) is 4.05. The minimum Gasteiger partial charge on any atom is -0.466 e. The van der Waals surface area contributed by atoms with Gasteiger partial charge in [0.15, 0.2) is 0 Å². The van der Waals surface area contributed by atoms with Crippen molar-refractivity contribution in [3.05, 3.63) is 125 Å². The predicted octanol–water partition coefficient (Wildman–Crippen LogP) is 10.3. The number of carbonyl (C=O) groups is 2. The first-order valence-corrected chi connectivity index (χ1v) is 18.9. The van der Waals surface area contributed by atoms with Gasteiger partial charge in [-0.2, -0.15) is 0 Å². The van der Waals surface area contributed by atoms with Crippen molar-refractivity contribution in [2.45, 2.75) is 90.6 Å². The van der Waals surface area contributed by atoms with E-state index in [2.05, 4.69) is 44.6 Å². The molecular weight excluding hydrogens is 691 g/mol. The number of para-hydroxylation sites is 1. The van der Waals surface area contributed by atoms with Gasteiger partial charge < -0.3 is 18.5 Å². The third kappa shape index (κ3) is 13.3. The molecule has 0 radical (unpaired) electrons. The Morgan fingerprint density at radius 3 is 1.84 bits per heavy atom. The molecule has 2 fully saturated rings. The number of furan rings is 2. The summed E-state index contributed by atoms with van der Waals surface area (Å²) in [6.07, 6.45) is 25.6. The molecule has 5 aromatic rings. The highest BCUT2D eigenvalue weighted by Crippen LogP contribution is 2.29. The molecule has 4 heterocycles. The van der Waals surface area contributed by atoms with Crippen molar-refractivity contribution < 1.29 is 23.2 Å². The van der Waals surface area contributed by atoms with Crippen molar-refractivity contribution in [3.8, 4) is 30.4 Å². The fourth-order valence-electron chi connectivity index (χ4n) is 6.60. The van der Waals surface area contributed by atoms with Crippen LogP contribution in [0, 0.1) is 44.5 Å². The number of urea groups is 1. The van der Waals surface area contributed by atoms with E-state index in [1.165, 1.54) is 44.1 Å². The molecule has 4 aromatic heterocycles. The molecule has 10 heteroatoms. The van der Waals surface area contributed by atoms with Gasteiger partial charge in [-0.25, -0.2) is 19.6 Å². The standard InChI is InChI=1S/C19H21N3O2.C14H10N2O2.C12H18O/c1-3-15-9-11-18(20-12-15)21-19(23)22(16-6-4-5-7-16)13-17-10-8-14(2)24-17;1-2-11-8-9-13(15-10-11)16-14(17)18-12-6-4-3-5-7-12;1-10-6-8-12(13-10)9-7-11-4-2-3-5-11/h1,8-12,16H,4-7,13H2,2H3,(H,20,21,23);1,3-10H,(H,15,16,17);6,8,11H,2-5,7,9H2,1H3. The summed E-state index contributed by atoms with van der Waals surface area (Å²) < 4.78 is 16.2. The SMILES string of the molecule is C#Cc1ccc(NC(=O)N(Cc2ccc(C)o2)C2CCCC2)nc1.C#Cc1ccc(NC(=O)Oc2ccccc2)nc1.Cc1ccc(CCC2CCCC2)o1. The van der Waals surface area contributed by atoms with Crippen LogP contribution >= 0.6 is 0 Å². The first-order valence-electron chi connectivity index (χ1n) is 18.9. The van der Waals surface area contributed by atoms with Crippen molar-refractivity contribution in [3.63, 3.8) is 0 Å². The lowest BCUT2D eigenvalue weighted by Crippen LogP contribution is -2.41. The second-order valence-electron chi connectivity index (χ2n) is 13.7. The highest BCUT2D eigenvalue weighted by atomic mass is 16.6. The molecule has 0 saturated heterocycles. The summed E-state index contributed by atoms with van der Waals surface area (Å²) >= 11 is 0. The molecule has 3 amide bonds. The molecule has 0 bridgehead atoms. The maximum atomic E-state index is 12.8. The van der Waals surface area contributed by atoms with Crippen LogP contribution in [-0.2, 0) is 13.0 Å². The van der Waals surface area contributed by atoms with E-state index in [0.29, 0.717) is 35.1 Å². The molecule has 0 aliphatic heterocycles. The molecule has 2 N–H and O–H groups in total. The van der Waals surface area contributed by atoms with E-state index in [9.17, 15) is 9.59 Å². The van der Waals surface area contributed by atoms with Crippen molar-refractivity contribution >= 4 is 23.8 Å². The van der Waals surface area contributed by atoms with E-state index in [4.69, 9.17) is 26.4 Å². The van der Waals surface area contributed by atoms with Gasteiger partial charge in [0.2, 0.25) is 0 Å². The normalized spacial score (nSPS) is 13.6. The monoisotopic (exact) mass is 739 g/mol. The zero-order chi connectivity index (χ0) is 38.8. The third-order valence-electron chi connectivity index (χ3n) is 9.50. The van der Waals surface area contributed by atoms with Gasteiger partial charge >= 0.3 is 12.1 Å². The van der Waals surface area contributed by atoms with Gasteiger partial charge in [0.05, 0.1) is 6.54 Å². The Labute approximate surface area is 324 Å². The van der Waals surface area contributed by atoms with Crippen LogP contribution in [0.15, 0.2) is 100 Å². The maximum Gasteiger partial charge on any atom is 0.418 e. The zero-order valence-electron chi connectivity index (χ0n) is 31.6. The first kappa shape index (κ1) is 39.9. The zero-order valence-corrected chi connectivity index (χ0v) is 31.6. The number of ether oxygens (including phenoxy) is 1. The number of hydrogen-bond acceptors (Lipinski definition) is 7. The van der Waals surface area contributed by atoms with E-state index in [1.54, 1.807) is 54.7 Å². The fourth-order valence-corrected chi connectivity index (χ4v) is 6.60. The van der Waals surface area contributed by atoms with Crippen LogP contribution in [0.1, 0.15) is 92.0 Å². The number of hydrogen-bond donors (Lipinski definition) is 2. The second-order valence-corrected chi connectivity index (χ2v) is 13.7. The lowest BCUT2D eigenvalue weighted by Gasteiger charge is -2.28. The number of amides is 3. The Morgan fingerprint density at radius 2 is 1.31 bits per heavy atom. The topological polar surface area (TPSA) is 123 Å². The number of aromatic nitrogens is 2. The van der Waals surface area contributed by atoms with Crippen LogP contribution in [0.25, 0.3) is 0 Å². The number of terminal acetylenes is 2. The van der Waals surface area contributed by atoms with Crippen LogP contribution in [-0.4, -0.2) is 33.0 Å². The quantitative estimate of drug-likeness (QED) is 0.144. The molecule has 7 rings (SSSR count). The number of benzene rings is 1. The number of anilines is 2. The average molecular weight is 740 g/mol. The summed E-state index contributed by atoms with van der Waals surface area (Å²) in [4.78, 5) is 34.3. The molecule has 10 nitrogen and oxygen atoms in total. The van der Waals surface area contributed by atoms with Gasteiger partial charge in [0.1, 0.15) is 40.4 Å². The third-order valence-corrected chi connectivity index (χ3v) is 9.50. The number of carbonyl (C=O) groups excluding carboxylic acids is 2. The van der Waals surface area contributed by atoms with E-state index >= 15 is 0 Å². The molecular formula is C45H49N5O5. The van der Waals surface area contributed by atoms with E-state index in [0.717, 1.165) is 55.3 Å². The molecule has 2 saturated carbocycles. The van der Waals surface area contributed by atoms with Crippen LogP contribution in [0.4, 0.5) is 21.2 Å². The minimum atomic E-state index is -0.595. The highest BCUT2D eigenvalue weighted by molar-refractivity contribution is 5.88. The minimum absolute atomic E-state index is 0.156. The number of nitrogens with one attached hydrogen (secondary N) is 2. The van der Waals surface area contributed by atoms with E-state index in [1.807, 2.05) is 36.9 Å². The second kappa shape index (κ2) is 20.8. The molecule has 0 spiro atoms. The molecule has 1 aromatic carbocycles. The van der Waals surface area contributed by atoms with Gasteiger partial charge in [-0.3, -0.25) is 10.6 Å². The Hall–Kier alpha value is -6.26. The summed E-state index contributed by atoms with van der Waals surface area (Å²) in [5.74, 6) is 11.1. The van der Waals surface area contributed by atoms with Gasteiger partial charge in [-0.05, 0) is 99.7 Å². The molecule has 284 valence electrons. The van der Waals surface area contributed by atoms with Crippen LogP contribution < -0.4 is 15.4 Å². The van der Waals surface area contributed by atoms with Crippen molar-refractivity contribution in [2.24, 2.45) is 5.92 Å². The Morgan fingerprint density at radius 1 is 0.745 bits per heavy atom. The summed E-state index contributed by atoms with van der Waals surface area (Å²) in [5.41, 5.74) is 1.34. The molecule has 2 aliphatic rings. The Kier molecular flexibility index (Phi) is 15.1. The van der Waals surface area contributed by atoms with Crippen LogP contribution in [0.5, 0.6) is 5.75 Å². The van der Waals surface area contributed by atoms with Gasteiger partial charge in [0.25, 0.3) is 0 Å². The number of aryl methyl sites for hydroxylation is 3. The number of rotatable bonds is 9. The Balaban J connectivity index is 0.000000166. The molecule has 0 unspecified atom stereocenters.